The highest BCUT2D eigenvalue weighted by atomic mass is 35.5. The maximum absolute atomic E-state index is 14.5. The number of aromatic nitrogens is 4. The number of likely N-dealkylation sites (N-methyl/N-ethyl adjacent to an activating group) is 1. The van der Waals surface area contributed by atoms with Gasteiger partial charge in [-0.1, -0.05) is 35.3 Å². The van der Waals surface area contributed by atoms with Crippen molar-refractivity contribution in [3.8, 4) is 44.7 Å². The fourth-order valence-corrected chi connectivity index (χ4v) is 10.3. The molecule has 2 fully saturated rings. The van der Waals surface area contributed by atoms with E-state index in [9.17, 15) is 9.18 Å². The molecule has 10 rings (SSSR count). The molecule has 0 saturated carbocycles. The van der Waals surface area contributed by atoms with E-state index in [0.717, 1.165) is 36.6 Å². The number of carbonyl (C=O) groups is 1. The second-order valence-electron chi connectivity index (χ2n) is 18.6. The Balaban J connectivity index is 1.19. The molecule has 4 bridgehead atoms. The Morgan fingerprint density at radius 1 is 0.899 bits per heavy atom. The smallest absolute Gasteiger partial charge is 0.348 e. The van der Waals surface area contributed by atoms with Gasteiger partial charge in [0.05, 0.1) is 53.5 Å². The molecule has 0 N–H and O–H groups in total. The predicted molar refractivity (Wildman–Crippen MR) is 263 cm³/mol. The van der Waals surface area contributed by atoms with Crippen LogP contribution >= 0.6 is 34.5 Å². The molecule has 0 radical (unpaired) electrons. The largest absolute Gasteiger partial charge is 0.490 e. The van der Waals surface area contributed by atoms with Gasteiger partial charge in [0.25, 0.3) is 0 Å². The highest BCUT2D eigenvalue weighted by Crippen LogP contribution is 2.53. The summed E-state index contributed by atoms with van der Waals surface area (Å²) in [4.78, 5) is 39.2. The van der Waals surface area contributed by atoms with Crippen molar-refractivity contribution in [3.63, 3.8) is 0 Å². The number of carbonyl (C=O) groups excluding carboxylic acids is 1. The summed E-state index contributed by atoms with van der Waals surface area (Å²) in [6.45, 7) is 15.4. The first kappa shape index (κ1) is 48.8. The molecule has 4 aliphatic rings. The first-order valence-corrected chi connectivity index (χ1v) is 24.6. The van der Waals surface area contributed by atoms with Crippen LogP contribution in [0.1, 0.15) is 54.9 Å². The van der Waals surface area contributed by atoms with Crippen molar-refractivity contribution < 1.29 is 42.3 Å². The van der Waals surface area contributed by atoms with Crippen LogP contribution in [0.5, 0.6) is 23.1 Å². The summed E-state index contributed by atoms with van der Waals surface area (Å²) in [7, 11) is 2.11. The minimum atomic E-state index is -1.26. The lowest BCUT2D eigenvalue weighted by atomic mass is 9.92. The SMILES string of the molecule is Cc1c(Cl)c2c(Cl)c(C)c1-c1c(-c3ccc(F)cc3)sc3ncnc(c13)O[C@@H](C(=O)OC(C)(C)C)Cc1cc(ccc1OCc1ccnc(C3COCCOC3)n1)OC[C@@H](CN1CCN(C)CC1)O2. The summed E-state index contributed by atoms with van der Waals surface area (Å²) in [5.74, 6) is 0.893. The van der Waals surface area contributed by atoms with E-state index in [2.05, 4.69) is 21.8 Å². The van der Waals surface area contributed by atoms with E-state index in [-0.39, 0.29) is 37.2 Å². The molecular weight excluding hydrogens is 947 g/mol. The number of rotatable bonds is 8. The predicted octanol–water partition coefficient (Wildman–Crippen LogP) is 9.31. The minimum Gasteiger partial charge on any atom is -0.490 e. The van der Waals surface area contributed by atoms with Crippen molar-refractivity contribution >= 4 is 50.7 Å². The van der Waals surface area contributed by atoms with Gasteiger partial charge in [-0.2, -0.15) is 0 Å². The van der Waals surface area contributed by atoms with Crippen LogP contribution in [0.2, 0.25) is 10.0 Å². The second-order valence-corrected chi connectivity index (χ2v) is 20.3. The van der Waals surface area contributed by atoms with Gasteiger partial charge in [0, 0.05) is 61.3 Å². The molecule has 3 aromatic heterocycles. The molecule has 4 aliphatic heterocycles. The summed E-state index contributed by atoms with van der Waals surface area (Å²) in [6.07, 6.45) is 1.30. The standard InChI is InChI=1S/C51H55Cl2FN6O8S/c1-29-40-30(2)44(53)45(43(29)52)66-37(23-60-17-15-59(6)16-18-60)27-64-36-11-12-38(65-26-35-13-14-55-47(58-35)33-24-62-19-20-63-25-33)32(21-36)22-39(50(61)68-51(3,4)5)67-48-42-41(40)46(69-49(42)57-28-56-48)31-7-9-34(54)10-8-31/h7-14,21,28,33,37,39H,15-20,22-27H2,1-6H3/t37-,39-/m1/s1. The summed E-state index contributed by atoms with van der Waals surface area (Å²) in [5.41, 5.74) is 3.80. The molecule has 0 unspecified atom stereocenters. The number of hydrogen-bond acceptors (Lipinski definition) is 15. The highest BCUT2D eigenvalue weighted by Gasteiger charge is 2.34. The van der Waals surface area contributed by atoms with E-state index in [4.69, 9.17) is 71.3 Å². The number of fused-ring (bicyclic) bond motifs is 7. The zero-order chi connectivity index (χ0) is 48.4. The molecule has 0 amide bonds. The number of halogens is 3. The van der Waals surface area contributed by atoms with Crippen LogP contribution in [0, 0.1) is 19.7 Å². The number of benzene rings is 3. The Morgan fingerprint density at radius 3 is 2.33 bits per heavy atom. The third-order valence-electron chi connectivity index (χ3n) is 12.2. The lowest BCUT2D eigenvalue weighted by Crippen LogP contribution is -2.49. The molecule has 69 heavy (non-hydrogen) atoms. The van der Waals surface area contributed by atoms with Gasteiger partial charge in [-0.15, -0.1) is 11.3 Å². The van der Waals surface area contributed by atoms with E-state index in [1.165, 1.54) is 29.8 Å². The summed E-state index contributed by atoms with van der Waals surface area (Å²) in [6, 6.07) is 13.5. The molecule has 2 atom stereocenters. The van der Waals surface area contributed by atoms with Crippen molar-refractivity contribution in [2.75, 3.05) is 72.8 Å². The Bertz CT molecular complexity index is 2780. The van der Waals surface area contributed by atoms with E-state index >= 15 is 0 Å². The molecule has 0 aliphatic carbocycles. The van der Waals surface area contributed by atoms with Gasteiger partial charge in [-0.05, 0) is 100 Å². The molecule has 2 saturated heterocycles. The number of thiophene rings is 1. The van der Waals surface area contributed by atoms with Gasteiger partial charge < -0.3 is 38.1 Å². The third-order valence-corrected chi connectivity index (χ3v) is 14.3. The molecule has 364 valence electrons. The monoisotopic (exact) mass is 1000 g/mol. The zero-order valence-electron chi connectivity index (χ0n) is 39.5. The van der Waals surface area contributed by atoms with Crippen molar-refractivity contribution in [1.29, 1.82) is 0 Å². The van der Waals surface area contributed by atoms with Gasteiger partial charge in [0.2, 0.25) is 12.0 Å². The van der Waals surface area contributed by atoms with Gasteiger partial charge in [-0.25, -0.2) is 29.1 Å². The van der Waals surface area contributed by atoms with Crippen LogP contribution in [0.4, 0.5) is 4.39 Å². The topological polar surface area (TPSA) is 140 Å². The van der Waals surface area contributed by atoms with Gasteiger partial charge >= 0.3 is 5.97 Å². The van der Waals surface area contributed by atoms with Crippen LogP contribution in [0.25, 0.3) is 31.8 Å². The third kappa shape index (κ3) is 11.2. The van der Waals surface area contributed by atoms with E-state index in [0.29, 0.717) is 110 Å². The fourth-order valence-electron chi connectivity index (χ4n) is 8.68. The number of nitrogens with zero attached hydrogens (tertiary/aromatic N) is 6. The lowest BCUT2D eigenvalue weighted by molar-refractivity contribution is -0.163. The van der Waals surface area contributed by atoms with Crippen LogP contribution in [-0.2, 0) is 32.0 Å². The van der Waals surface area contributed by atoms with Crippen LogP contribution in [0.15, 0.2) is 61.1 Å². The number of hydrogen-bond donors (Lipinski definition) is 0. The van der Waals surface area contributed by atoms with E-state index < -0.39 is 23.8 Å². The first-order valence-electron chi connectivity index (χ1n) is 23.0. The zero-order valence-corrected chi connectivity index (χ0v) is 41.8. The molecule has 0 spiro atoms. The van der Waals surface area contributed by atoms with Crippen LogP contribution < -0.4 is 18.9 Å². The van der Waals surface area contributed by atoms with E-state index in [1.54, 1.807) is 45.2 Å². The molecular formula is C51H55Cl2FN6O8S. The summed E-state index contributed by atoms with van der Waals surface area (Å²) < 4.78 is 58.9. The van der Waals surface area contributed by atoms with Crippen LogP contribution in [0.3, 0.4) is 0 Å². The average molecular weight is 1000 g/mol. The summed E-state index contributed by atoms with van der Waals surface area (Å²) >= 11 is 16.2. The fraction of sp³-hybridized carbons (Fsp3) is 0.431. The Hall–Kier alpha value is -5.20. The van der Waals surface area contributed by atoms with Crippen molar-refractivity contribution in [3.05, 3.63) is 105 Å². The van der Waals surface area contributed by atoms with Crippen molar-refractivity contribution in [2.45, 2.75) is 71.4 Å². The van der Waals surface area contributed by atoms with Crippen LogP contribution in [-0.4, -0.2) is 126 Å². The molecule has 14 nitrogen and oxygen atoms in total. The maximum atomic E-state index is 14.5. The molecule has 7 heterocycles. The lowest BCUT2D eigenvalue weighted by Gasteiger charge is -2.35. The molecule has 18 heteroatoms. The Labute approximate surface area is 414 Å². The quantitative estimate of drug-likeness (QED) is 0.134. The molecule has 3 aromatic carbocycles. The maximum Gasteiger partial charge on any atom is 0.348 e. The number of esters is 1. The first-order chi connectivity index (χ1) is 33.2. The highest BCUT2D eigenvalue weighted by molar-refractivity contribution is 7.22. The van der Waals surface area contributed by atoms with Crippen molar-refractivity contribution in [2.24, 2.45) is 0 Å². The number of ether oxygens (including phenoxy) is 7. The van der Waals surface area contributed by atoms with E-state index in [1.807, 2.05) is 32.0 Å². The van der Waals surface area contributed by atoms with Gasteiger partial charge in [0.1, 0.15) is 59.2 Å². The normalized spacial score (nSPS) is 18.7. The Morgan fingerprint density at radius 2 is 1.62 bits per heavy atom. The number of piperazine rings is 1. The molecule has 6 aromatic rings. The van der Waals surface area contributed by atoms with Gasteiger partial charge in [-0.3, -0.25) is 4.90 Å². The second kappa shape index (κ2) is 21.0. The average Bonchev–Trinajstić information content (AvgIpc) is 3.49. The Kier molecular flexibility index (Phi) is 14.9. The van der Waals surface area contributed by atoms with Crippen molar-refractivity contribution in [1.82, 2.24) is 29.7 Å². The summed E-state index contributed by atoms with van der Waals surface area (Å²) in [5, 5.41) is 1.15. The minimum absolute atomic E-state index is 0.0196. The van der Waals surface area contributed by atoms with Gasteiger partial charge in [0.15, 0.2) is 5.75 Å².